The number of aliphatic imine (C=N–C) groups is 1. The van der Waals surface area contributed by atoms with E-state index in [1.807, 2.05) is 67.7 Å². The number of amides is 1. The van der Waals surface area contributed by atoms with Gasteiger partial charge in [-0.05, 0) is 65.9 Å². The van der Waals surface area contributed by atoms with Gasteiger partial charge in [0.2, 0.25) is 5.91 Å². The molecule has 0 saturated carbocycles. The molecule has 3 aromatic carbocycles. The fraction of sp³-hybridized carbons (Fsp3) is 0.182. The minimum absolute atomic E-state index is 0.119. The van der Waals surface area contributed by atoms with Gasteiger partial charge < -0.3 is 15.0 Å². The number of methoxy groups -OCH3 is 1. The number of amidine groups is 1. The van der Waals surface area contributed by atoms with Gasteiger partial charge in [0.1, 0.15) is 11.6 Å². The van der Waals surface area contributed by atoms with Gasteiger partial charge in [-0.15, -0.1) is 0 Å². The molecule has 0 aliphatic rings. The van der Waals surface area contributed by atoms with E-state index in [1.165, 1.54) is 6.92 Å². The third-order valence-corrected chi connectivity index (χ3v) is 6.09. The SMILES string of the molecule is C=C/C(=C\C=C\NC(C)=O)CCc1cc(C(=Nc2ccccc2C=O)N(C)Cc2ccccc2)ccc1OC. The second kappa shape index (κ2) is 14.9. The number of ether oxygens (including phenoxy) is 1. The van der Waals surface area contributed by atoms with Crippen molar-refractivity contribution in [2.45, 2.75) is 26.3 Å². The van der Waals surface area contributed by atoms with Crippen LogP contribution in [0.2, 0.25) is 0 Å². The first-order chi connectivity index (χ1) is 18.9. The van der Waals surface area contributed by atoms with Gasteiger partial charge in [0.25, 0.3) is 0 Å². The van der Waals surface area contributed by atoms with Crippen LogP contribution < -0.4 is 10.1 Å². The monoisotopic (exact) mass is 521 g/mol. The number of aryl methyl sites for hydroxylation is 1. The van der Waals surface area contributed by atoms with Crippen LogP contribution in [0.25, 0.3) is 0 Å². The molecule has 0 radical (unpaired) electrons. The molecule has 6 nitrogen and oxygen atoms in total. The summed E-state index contributed by atoms with van der Waals surface area (Å²) in [6.07, 6.45) is 9.41. The third kappa shape index (κ3) is 8.68. The van der Waals surface area contributed by atoms with Gasteiger partial charge in [-0.25, -0.2) is 4.99 Å². The Hall–Kier alpha value is -4.71. The van der Waals surface area contributed by atoms with Crippen LogP contribution in [0.5, 0.6) is 5.75 Å². The molecule has 0 fully saturated rings. The predicted octanol–water partition coefficient (Wildman–Crippen LogP) is 6.41. The quantitative estimate of drug-likeness (QED) is 0.129. The average molecular weight is 522 g/mol. The fourth-order valence-electron chi connectivity index (χ4n) is 4.09. The number of allylic oxidation sites excluding steroid dienone is 4. The maximum atomic E-state index is 11.7. The molecule has 3 aromatic rings. The molecule has 3 rings (SSSR count). The van der Waals surface area contributed by atoms with Crippen LogP contribution in [0.15, 0.2) is 114 Å². The molecular weight excluding hydrogens is 486 g/mol. The zero-order valence-electron chi connectivity index (χ0n) is 22.8. The summed E-state index contributed by atoms with van der Waals surface area (Å²) in [5.74, 6) is 1.41. The molecular formula is C33H35N3O3. The summed E-state index contributed by atoms with van der Waals surface area (Å²) in [5.41, 5.74) is 5.27. The van der Waals surface area contributed by atoms with Crippen LogP contribution in [-0.2, 0) is 17.8 Å². The molecule has 0 saturated heterocycles. The van der Waals surface area contributed by atoms with Crippen molar-refractivity contribution in [1.29, 1.82) is 0 Å². The number of carbonyl (C=O) groups is 2. The van der Waals surface area contributed by atoms with E-state index in [1.54, 1.807) is 25.5 Å². The normalized spacial score (nSPS) is 11.8. The fourth-order valence-corrected chi connectivity index (χ4v) is 4.09. The summed E-state index contributed by atoms with van der Waals surface area (Å²) in [4.78, 5) is 29.8. The number of hydrogen-bond acceptors (Lipinski definition) is 4. The summed E-state index contributed by atoms with van der Waals surface area (Å²) >= 11 is 0. The zero-order chi connectivity index (χ0) is 28.0. The molecule has 0 aliphatic carbocycles. The van der Waals surface area contributed by atoms with Crippen LogP contribution in [0.1, 0.15) is 40.4 Å². The van der Waals surface area contributed by atoms with Crippen molar-refractivity contribution < 1.29 is 14.3 Å². The third-order valence-electron chi connectivity index (χ3n) is 6.09. The Kier molecular flexibility index (Phi) is 11.0. The van der Waals surface area contributed by atoms with Crippen molar-refractivity contribution >= 4 is 23.7 Å². The van der Waals surface area contributed by atoms with Crippen molar-refractivity contribution in [2.75, 3.05) is 14.2 Å². The lowest BCUT2D eigenvalue weighted by atomic mass is 10.0. The van der Waals surface area contributed by atoms with E-state index in [0.29, 0.717) is 24.2 Å². The van der Waals surface area contributed by atoms with Gasteiger partial charge in [-0.2, -0.15) is 0 Å². The van der Waals surface area contributed by atoms with E-state index in [0.717, 1.165) is 46.6 Å². The Bertz CT molecular complexity index is 1370. The average Bonchev–Trinajstić information content (AvgIpc) is 2.96. The summed E-state index contributed by atoms with van der Waals surface area (Å²) in [6, 6.07) is 23.6. The van der Waals surface area contributed by atoms with E-state index in [4.69, 9.17) is 9.73 Å². The van der Waals surface area contributed by atoms with E-state index >= 15 is 0 Å². The molecule has 39 heavy (non-hydrogen) atoms. The summed E-state index contributed by atoms with van der Waals surface area (Å²) < 4.78 is 5.68. The molecule has 1 N–H and O–H groups in total. The number of aldehydes is 1. The first-order valence-corrected chi connectivity index (χ1v) is 12.8. The van der Waals surface area contributed by atoms with Gasteiger partial charge in [-0.3, -0.25) is 9.59 Å². The number of hydrogen-bond donors (Lipinski definition) is 1. The highest BCUT2D eigenvalue weighted by Gasteiger charge is 2.15. The van der Waals surface area contributed by atoms with Gasteiger partial charge in [0, 0.05) is 37.8 Å². The molecule has 6 heteroatoms. The number of rotatable bonds is 12. The Balaban J connectivity index is 1.97. The van der Waals surface area contributed by atoms with Crippen LogP contribution in [0.4, 0.5) is 5.69 Å². The van der Waals surface area contributed by atoms with Crippen molar-refractivity contribution in [1.82, 2.24) is 10.2 Å². The van der Waals surface area contributed by atoms with Crippen LogP contribution >= 0.6 is 0 Å². The van der Waals surface area contributed by atoms with Crippen LogP contribution in [0.3, 0.4) is 0 Å². The van der Waals surface area contributed by atoms with Crippen LogP contribution in [-0.4, -0.2) is 37.1 Å². The van der Waals surface area contributed by atoms with Gasteiger partial charge in [0.15, 0.2) is 6.29 Å². The minimum atomic E-state index is -0.119. The summed E-state index contributed by atoms with van der Waals surface area (Å²) in [7, 11) is 3.66. The highest BCUT2D eigenvalue weighted by molar-refractivity contribution is 6.01. The molecule has 0 heterocycles. The Labute approximate surface area is 231 Å². The lowest BCUT2D eigenvalue weighted by Gasteiger charge is -2.23. The lowest BCUT2D eigenvalue weighted by Crippen LogP contribution is -2.27. The van der Waals surface area contributed by atoms with Crippen LogP contribution in [0, 0.1) is 0 Å². The molecule has 0 aliphatic heterocycles. The van der Waals surface area contributed by atoms with Gasteiger partial charge in [-0.1, -0.05) is 61.2 Å². The highest BCUT2D eigenvalue weighted by atomic mass is 16.5. The predicted molar refractivity (Wildman–Crippen MR) is 158 cm³/mol. The topological polar surface area (TPSA) is 71.0 Å². The first kappa shape index (κ1) is 28.9. The Morgan fingerprint density at radius 2 is 1.82 bits per heavy atom. The molecule has 0 spiro atoms. The highest BCUT2D eigenvalue weighted by Crippen LogP contribution is 2.26. The van der Waals surface area contributed by atoms with E-state index < -0.39 is 0 Å². The van der Waals surface area contributed by atoms with E-state index in [2.05, 4.69) is 35.0 Å². The molecule has 0 bridgehead atoms. The summed E-state index contributed by atoms with van der Waals surface area (Å²) in [5, 5.41) is 2.63. The molecule has 200 valence electrons. The standard InChI is InChI=1S/C33H35N3O3/c1-5-26(14-11-21-34-25(2)38)17-18-28-22-29(19-20-32(28)39-4)33(35-31-16-10-9-15-30(31)24-37)36(3)23-27-12-7-6-8-13-27/h5-16,19-22,24H,1,17-18,23H2,2-4H3,(H,34,38)/b21-11+,26-14+,35-33?. The number of benzene rings is 3. The molecule has 0 unspecified atom stereocenters. The Morgan fingerprint density at radius 3 is 2.51 bits per heavy atom. The van der Waals surface area contributed by atoms with Crippen molar-refractivity contribution in [3.8, 4) is 5.75 Å². The Morgan fingerprint density at radius 1 is 1.08 bits per heavy atom. The number of nitrogens with zero attached hydrogens (tertiary/aromatic N) is 2. The first-order valence-electron chi connectivity index (χ1n) is 12.8. The minimum Gasteiger partial charge on any atom is -0.496 e. The molecule has 1 amide bonds. The number of carbonyl (C=O) groups excluding carboxylic acids is 2. The van der Waals surface area contributed by atoms with Gasteiger partial charge in [0.05, 0.1) is 12.8 Å². The number of para-hydroxylation sites is 1. The van der Waals surface area contributed by atoms with Crippen molar-refractivity contribution in [3.63, 3.8) is 0 Å². The molecule has 0 atom stereocenters. The maximum absolute atomic E-state index is 11.7. The number of nitrogens with one attached hydrogen (secondary N) is 1. The van der Waals surface area contributed by atoms with Crippen molar-refractivity contribution in [2.24, 2.45) is 4.99 Å². The molecule has 0 aromatic heterocycles. The van der Waals surface area contributed by atoms with Crippen molar-refractivity contribution in [3.05, 3.63) is 132 Å². The zero-order valence-corrected chi connectivity index (χ0v) is 22.8. The van der Waals surface area contributed by atoms with E-state index in [-0.39, 0.29) is 5.91 Å². The van der Waals surface area contributed by atoms with Gasteiger partial charge >= 0.3 is 0 Å². The van der Waals surface area contributed by atoms with E-state index in [9.17, 15) is 9.59 Å². The largest absolute Gasteiger partial charge is 0.496 e. The maximum Gasteiger partial charge on any atom is 0.220 e. The second-order valence-electron chi connectivity index (χ2n) is 8.99. The lowest BCUT2D eigenvalue weighted by molar-refractivity contribution is -0.118. The smallest absolute Gasteiger partial charge is 0.220 e. The summed E-state index contributed by atoms with van der Waals surface area (Å²) in [6.45, 7) is 6.04. The second-order valence-corrected chi connectivity index (χ2v) is 8.99.